The largest absolute Gasteiger partial charge is 0.292 e. The minimum Gasteiger partial charge on any atom is -0.292 e. The minimum absolute atomic E-state index is 0.829. The zero-order valence-electron chi connectivity index (χ0n) is 8.01. The highest BCUT2D eigenvalue weighted by Gasteiger charge is 2.25. The molecule has 0 amide bonds. The minimum atomic E-state index is 0.829. The first-order valence-corrected chi connectivity index (χ1v) is 4.70. The zero-order chi connectivity index (χ0) is 8.27. The second-order valence-corrected chi connectivity index (χ2v) is 3.53. The van der Waals surface area contributed by atoms with E-state index >= 15 is 0 Å². The van der Waals surface area contributed by atoms with E-state index in [9.17, 15) is 0 Å². The summed E-state index contributed by atoms with van der Waals surface area (Å²) >= 11 is 0. The van der Waals surface area contributed by atoms with Gasteiger partial charge in [0, 0.05) is 12.6 Å². The van der Waals surface area contributed by atoms with Crippen LogP contribution in [0, 0.1) is 0 Å². The second-order valence-electron chi connectivity index (χ2n) is 3.53. The highest BCUT2D eigenvalue weighted by Crippen LogP contribution is 2.14. The lowest BCUT2D eigenvalue weighted by atomic mass is 10.1. The van der Waals surface area contributed by atoms with E-state index in [1.807, 2.05) is 0 Å². The smallest absolute Gasteiger partial charge is 0.0507 e. The van der Waals surface area contributed by atoms with Crippen LogP contribution in [0.5, 0.6) is 0 Å². The van der Waals surface area contributed by atoms with E-state index in [0.717, 1.165) is 6.04 Å². The summed E-state index contributed by atoms with van der Waals surface area (Å²) < 4.78 is 0. The van der Waals surface area contributed by atoms with Crippen LogP contribution in [0.15, 0.2) is 0 Å². The van der Waals surface area contributed by atoms with Gasteiger partial charge in [-0.25, -0.2) is 0 Å². The van der Waals surface area contributed by atoms with Crippen molar-refractivity contribution >= 4 is 0 Å². The van der Waals surface area contributed by atoms with E-state index in [0.29, 0.717) is 0 Å². The summed E-state index contributed by atoms with van der Waals surface area (Å²) in [5.74, 6) is 0. The maximum Gasteiger partial charge on any atom is 0.0507 e. The first-order valence-electron chi connectivity index (χ1n) is 4.70. The van der Waals surface area contributed by atoms with Crippen LogP contribution in [-0.2, 0) is 0 Å². The Labute approximate surface area is 70.2 Å². The average Bonchev–Trinajstić information content (AvgIpc) is 2.32. The van der Waals surface area contributed by atoms with E-state index in [-0.39, 0.29) is 0 Å². The predicted molar refractivity (Wildman–Crippen MR) is 48.6 cm³/mol. The molecule has 1 aliphatic rings. The molecule has 0 aromatic rings. The van der Waals surface area contributed by atoms with Crippen LogP contribution in [0.1, 0.15) is 26.7 Å². The maximum absolute atomic E-state index is 2.56. The van der Waals surface area contributed by atoms with Crippen molar-refractivity contribution in [2.24, 2.45) is 0 Å². The molecule has 1 saturated heterocycles. The van der Waals surface area contributed by atoms with Crippen LogP contribution < -0.4 is 0 Å². The van der Waals surface area contributed by atoms with Crippen molar-refractivity contribution in [3.8, 4) is 0 Å². The van der Waals surface area contributed by atoms with Gasteiger partial charge in [0.2, 0.25) is 0 Å². The third-order valence-electron chi connectivity index (χ3n) is 2.49. The molecule has 0 radical (unpaired) electrons. The van der Waals surface area contributed by atoms with Crippen LogP contribution in [0.25, 0.3) is 0 Å². The molecule has 1 aliphatic heterocycles. The standard InChI is InChI=1S/C9H20N2/c1-4-6-9-7-10(3)8-11(9)5-2/h9H,4-8H2,1-3H3. The fourth-order valence-electron chi connectivity index (χ4n) is 1.92. The van der Waals surface area contributed by atoms with Gasteiger partial charge in [0.1, 0.15) is 0 Å². The lowest BCUT2D eigenvalue weighted by Gasteiger charge is -2.20. The number of rotatable bonds is 3. The fourth-order valence-corrected chi connectivity index (χ4v) is 1.92. The van der Waals surface area contributed by atoms with E-state index in [1.165, 1.54) is 32.6 Å². The normalized spacial score (nSPS) is 28.1. The Morgan fingerprint density at radius 3 is 2.64 bits per heavy atom. The van der Waals surface area contributed by atoms with Gasteiger partial charge in [-0.3, -0.25) is 9.80 Å². The summed E-state index contributed by atoms with van der Waals surface area (Å²) in [4.78, 5) is 4.97. The van der Waals surface area contributed by atoms with Crippen LogP contribution >= 0.6 is 0 Å². The van der Waals surface area contributed by atoms with Gasteiger partial charge in [0.25, 0.3) is 0 Å². The van der Waals surface area contributed by atoms with Crippen molar-refractivity contribution in [2.75, 3.05) is 26.8 Å². The number of nitrogens with zero attached hydrogens (tertiary/aromatic N) is 2. The summed E-state index contributed by atoms with van der Waals surface area (Å²) in [5.41, 5.74) is 0. The van der Waals surface area contributed by atoms with Crippen LogP contribution in [0.2, 0.25) is 0 Å². The molecule has 1 unspecified atom stereocenters. The van der Waals surface area contributed by atoms with E-state index < -0.39 is 0 Å². The van der Waals surface area contributed by atoms with E-state index in [2.05, 4.69) is 30.7 Å². The molecular formula is C9H20N2. The molecule has 0 saturated carbocycles. The Morgan fingerprint density at radius 2 is 2.09 bits per heavy atom. The van der Waals surface area contributed by atoms with Crippen LogP contribution in [0.3, 0.4) is 0 Å². The zero-order valence-corrected chi connectivity index (χ0v) is 8.01. The van der Waals surface area contributed by atoms with Crippen molar-refractivity contribution in [3.05, 3.63) is 0 Å². The lowest BCUT2D eigenvalue weighted by molar-refractivity contribution is 0.239. The Kier molecular flexibility index (Phi) is 3.34. The van der Waals surface area contributed by atoms with Gasteiger partial charge in [-0.1, -0.05) is 20.3 Å². The quantitative estimate of drug-likeness (QED) is 0.609. The molecular weight excluding hydrogens is 136 g/mol. The van der Waals surface area contributed by atoms with Gasteiger partial charge < -0.3 is 0 Å². The Morgan fingerprint density at radius 1 is 1.36 bits per heavy atom. The van der Waals surface area contributed by atoms with Gasteiger partial charge >= 0.3 is 0 Å². The Bertz CT molecular complexity index is 114. The number of likely N-dealkylation sites (N-methyl/N-ethyl adjacent to an activating group) is 2. The summed E-state index contributed by atoms with van der Waals surface area (Å²) in [7, 11) is 2.21. The van der Waals surface area contributed by atoms with Crippen LogP contribution in [0.4, 0.5) is 0 Å². The fraction of sp³-hybridized carbons (Fsp3) is 1.00. The summed E-state index contributed by atoms with van der Waals surface area (Å²) in [6.07, 6.45) is 2.67. The maximum atomic E-state index is 2.56. The second kappa shape index (κ2) is 4.07. The molecule has 0 aromatic heterocycles. The molecule has 0 bridgehead atoms. The van der Waals surface area contributed by atoms with Gasteiger partial charge in [0.15, 0.2) is 0 Å². The summed E-state index contributed by atoms with van der Waals surface area (Å²) in [6, 6.07) is 0.829. The number of hydrogen-bond acceptors (Lipinski definition) is 2. The summed E-state index contributed by atoms with van der Waals surface area (Å²) in [5, 5.41) is 0. The molecule has 1 rings (SSSR count). The molecule has 0 spiro atoms. The van der Waals surface area contributed by atoms with Crippen LogP contribution in [-0.4, -0.2) is 42.6 Å². The van der Waals surface area contributed by atoms with Crippen molar-refractivity contribution in [1.29, 1.82) is 0 Å². The molecule has 1 heterocycles. The van der Waals surface area contributed by atoms with Gasteiger partial charge in [-0.15, -0.1) is 0 Å². The van der Waals surface area contributed by atoms with Crippen molar-refractivity contribution in [3.63, 3.8) is 0 Å². The third kappa shape index (κ3) is 2.17. The average molecular weight is 156 g/mol. The van der Waals surface area contributed by atoms with Crippen molar-refractivity contribution in [2.45, 2.75) is 32.7 Å². The van der Waals surface area contributed by atoms with Gasteiger partial charge in [-0.2, -0.15) is 0 Å². The molecule has 2 nitrogen and oxygen atoms in total. The predicted octanol–water partition coefficient (Wildman–Crippen LogP) is 1.38. The molecule has 0 aromatic carbocycles. The van der Waals surface area contributed by atoms with E-state index in [1.54, 1.807) is 0 Å². The van der Waals surface area contributed by atoms with Crippen molar-refractivity contribution < 1.29 is 0 Å². The van der Waals surface area contributed by atoms with Gasteiger partial charge in [-0.05, 0) is 20.0 Å². The molecule has 1 fully saturated rings. The third-order valence-corrected chi connectivity index (χ3v) is 2.49. The van der Waals surface area contributed by atoms with E-state index in [4.69, 9.17) is 0 Å². The molecule has 2 heteroatoms. The summed E-state index contributed by atoms with van der Waals surface area (Å²) in [6.45, 7) is 8.16. The monoisotopic (exact) mass is 156 g/mol. The van der Waals surface area contributed by atoms with Crippen molar-refractivity contribution in [1.82, 2.24) is 9.80 Å². The molecule has 0 aliphatic carbocycles. The Hall–Kier alpha value is -0.0800. The molecule has 11 heavy (non-hydrogen) atoms. The number of hydrogen-bond donors (Lipinski definition) is 0. The first kappa shape index (κ1) is 9.01. The first-order chi connectivity index (χ1) is 5.27. The highest BCUT2D eigenvalue weighted by atomic mass is 15.4. The molecule has 1 atom stereocenters. The highest BCUT2D eigenvalue weighted by molar-refractivity contribution is 4.79. The Balaban J connectivity index is 2.37. The van der Waals surface area contributed by atoms with Gasteiger partial charge in [0.05, 0.1) is 6.67 Å². The molecule has 66 valence electrons. The topological polar surface area (TPSA) is 6.48 Å². The lowest BCUT2D eigenvalue weighted by Crippen LogP contribution is -2.30. The SMILES string of the molecule is CCCC1CN(C)CN1CC. The molecule has 0 N–H and O–H groups in total.